The third kappa shape index (κ3) is 4.92. The van der Waals surface area contributed by atoms with Crippen molar-refractivity contribution in [1.29, 1.82) is 0 Å². The summed E-state index contributed by atoms with van der Waals surface area (Å²) in [6.07, 6.45) is 0.398. The molecule has 0 aliphatic rings. The van der Waals surface area contributed by atoms with Gasteiger partial charge in [-0.3, -0.25) is 10.1 Å². The molecule has 3 N–H and O–H groups in total. The molecule has 0 saturated heterocycles. The van der Waals surface area contributed by atoms with Gasteiger partial charge < -0.3 is 10.8 Å². The summed E-state index contributed by atoms with van der Waals surface area (Å²) >= 11 is 0. The number of nitro groups is 1. The van der Waals surface area contributed by atoms with Gasteiger partial charge in [0.2, 0.25) is 0 Å². The molecule has 0 aliphatic heterocycles. The number of non-ortho nitro benzene ring substituents is 1. The number of rotatable bonds is 5. The Bertz CT molecular complexity index is 703. The Labute approximate surface area is 134 Å². The summed E-state index contributed by atoms with van der Waals surface area (Å²) in [4.78, 5) is 10.1. The van der Waals surface area contributed by atoms with E-state index in [-0.39, 0.29) is 11.7 Å². The number of benzene rings is 2. The average molecular weight is 310 g/mol. The number of nitrogens with two attached hydrogens (primary N) is 1. The highest BCUT2D eigenvalue weighted by Gasteiger charge is 2.15. The highest BCUT2D eigenvalue weighted by molar-refractivity contribution is 5.41. The SMILES string of the molecule is N[C@H](CCC#Cc1ccc([N+](=O)[O-])cc1)C(O)c1ccccc1. The van der Waals surface area contributed by atoms with Crippen molar-refractivity contribution in [3.8, 4) is 11.8 Å². The van der Waals surface area contributed by atoms with Gasteiger partial charge in [0.25, 0.3) is 5.69 Å². The standard InChI is InChI=1S/C18H18N2O3/c19-17(18(21)15-7-2-1-3-8-15)9-5-4-6-14-10-12-16(13-11-14)20(22)23/h1-3,7-8,10-13,17-18,21H,5,9,19H2/t17-,18?/m1/s1. The van der Waals surface area contributed by atoms with Crippen molar-refractivity contribution in [2.75, 3.05) is 0 Å². The van der Waals surface area contributed by atoms with Crippen LogP contribution in [0.4, 0.5) is 5.69 Å². The molecule has 0 amide bonds. The first-order chi connectivity index (χ1) is 11.1. The number of hydrogen-bond donors (Lipinski definition) is 2. The first-order valence-electron chi connectivity index (χ1n) is 7.30. The predicted molar refractivity (Wildman–Crippen MR) is 88.6 cm³/mol. The fourth-order valence-corrected chi connectivity index (χ4v) is 2.13. The van der Waals surface area contributed by atoms with Crippen LogP contribution in [0.15, 0.2) is 54.6 Å². The Morgan fingerprint density at radius 1 is 1.13 bits per heavy atom. The van der Waals surface area contributed by atoms with Gasteiger partial charge in [-0.1, -0.05) is 42.2 Å². The minimum atomic E-state index is -0.711. The lowest BCUT2D eigenvalue weighted by atomic mass is 9.99. The van der Waals surface area contributed by atoms with Gasteiger partial charge in [-0.05, 0) is 24.1 Å². The normalized spacial score (nSPS) is 12.8. The molecule has 0 bridgehead atoms. The molecule has 0 aliphatic carbocycles. The second kappa shape index (κ2) is 8.08. The van der Waals surface area contributed by atoms with Crippen molar-refractivity contribution in [2.24, 2.45) is 5.73 Å². The maximum atomic E-state index is 10.6. The van der Waals surface area contributed by atoms with Crippen molar-refractivity contribution < 1.29 is 10.0 Å². The molecule has 0 spiro atoms. The third-order valence-corrected chi connectivity index (χ3v) is 3.46. The Morgan fingerprint density at radius 2 is 1.78 bits per heavy atom. The molecule has 5 nitrogen and oxygen atoms in total. The molecule has 2 rings (SSSR count). The van der Waals surface area contributed by atoms with E-state index in [1.807, 2.05) is 30.3 Å². The topological polar surface area (TPSA) is 89.4 Å². The Morgan fingerprint density at radius 3 is 2.39 bits per heavy atom. The molecule has 118 valence electrons. The molecule has 0 heterocycles. The zero-order chi connectivity index (χ0) is 16.7. The van der Waals surface area contributed by atoms with Crippen molar-refractivity contribution in [1.82, 2.24) is 0 Å². The second-order valence-electron chi connectivity index (χ2n) is 5.16. The lowest BCUT2D eigenvalue weighted by Crippen LogP contribution is -2.28. The van der Waals surface area contributed by atoms with Crippen LogP contribution in [0.3, 0.4) is 0 Å². The van der Waals surface area contributed by atoms with Crippen molar-refractivity contribution in [2.45, 2.75) is 25.0 Å². The van der Waals surface area contributed by atoms with E-state index in [1.54, 1.807) is 12.1 Å². The molecular formula is C18H18N2O3. The van der Waals surface area contributed by atoms with E-state index < -0.39 is 11.0 Å². The first-order valence-corrected chi connectivity index (χ1v) is 7.30. The molecule has 2 aromatic rings. The van der Waals surface area contributed by atoms with E-state index in [9.17, 15) is 15.2 Å². The maximum Gasteiger partial charge on any atom is 0.269 e. The Kier molecular flexibility index (Phi) is 5.87. The lowest BCUT2D eigenvalue weighted by Gasteiger charge is -2.18. The quantitative estimate of drug-likeness (QED) is 0.505. The number of aliphatic hydroxyl groups is 1. The van der Waals surface area contributed by atoms with E-state index in [2.05, 4.69) is 11.8 Å². The van der Waals surface area contributed by atoms with Crippen LogP contribution >= 0.6 is 0 Å². The number of hydrogen-bond acceptors (Lipinski definition) is 4. The number of nitro benzene ring substituents is 1. The van der Waals surface area contributed by atoms with Gasteiger partial charge >= 0.3 is 0 Å². The van der Waals surface area contributed by atoms with E-state index in [0.29, 0.717) is 18.4 Å². The van der Waals surface area contributed by atoms with Crippen LogP contribution in [0.2, 0.25) is 0 Å². The zero-order valence-electron chi connectivity index (χ0n) is 12.6. The largest absolute Gasteiger partial charge is 0.387 e. The summed E-state index contributed by atoms with van der Waals surface area (Å²) in [6.45, 7) is 0. The second-order valence-corrected chi connectivity index (χ2v) is 5.16. The molecular weight excluding hydrogens is 292 g/mol. The van der Waals surface area contributed by atoms with Gasteiger partial charge in [0.1, 0.15) is 0 Å². The van der Waals surface area contributed by atoms with Crippen molar-refractivity contribution >= 4 is 5.69 Å². The van der Waals surface area contributed by atoms with E-state index in [4.69, 9.17) is 5.73 Å². The summed E-state index contributed by atoms with van der Waals surface area (Å²) in [5.74, 6) is 5.91. The fourth-order valence-electron chi connectivity index (χ4n) is 2.13. The van der Waals surface area contributed by atoms with Crippen LogP contribution in [0.1, 0.15) is 30.1 Å². The molecule has 2 aromatic carbocycles. The molecule has 23 heavy (non-hydrogen) atoms. The summed E-state index contributed by atoms with van der Waals surface area (Å²) in [7, 11) is 0. The van der Waals surface area contributed by atoms with Crippen LogP contribution in [0.25, 0.3) is 0 Å². The molecule has 1 unspecified atom stereocenters. The highest BCUT2D eigenvalue weighted by atomic mass is 16.6. The van der Waals surface area contributed by atoms with Crippen LogP contribution in [0, 0.1) is 22.0 Å². The minimum Gasteiger partial charge on any atom is -0.387 e. The van der Waals surface area contributed by atoms with Gasteiger partial charge in [-0.2, -0.15) is 0 Å². The number of aliphatic hydroxyl groups excluding tert-OH is 1. The summed E-state index contributed by atoms with van der Waals surface area (Å²) in [5, 5.41) is 20.7. The van der Waals surface area contributed by atoms with E-state index >= 15 is 0 Å². The van der Waals surface area contributed by atoms with Crippen LogP contribution in [-0.4, -0.2) is 16.1 Å². The zero-order valence-corrected chi connectivity index (χ0v) is 12.6. The molecule has 0 saturated carbocycles. The first kappa shape index (κ1) is 16.7. The van der Waals surface area contributed by atoms with Crippen molar-refractivity contribution in [3.05, 3.63) is 75.8 Å². The molecule has 0 radical (unpaired) electrons. The summed E-state index contributed by atoms with van der Waals surface area (Å²) in [6, 6.07) is 15.0. The van der Waals surface area contributed by atoms with E-state index in [1.165, 1.54) is 12.1 Å². The smallest absolute Gasteiger partial charge is 0.269 e. The van der Waals surface area contributed by atoms with E-state index in [0.717, 1.165) is 5.56 Å². The van der Waals surface area contributed by atoms with Gasteiger partial charge in [0.15, 0.2) is 0 Å². The molecule has 5 heteroatoms. The third-order valence-electron chi connectivity index (χ3n) is 3.46. The molecule has 0 fully saturated rings. The minimum absolute atomic E-state index is 0.0450. The summed E-state index contributed by atoms with van der Waals surface area (Å²) in [5.41, 5.74) is 7.54. The highest BCUT2D eigenvalue weighted by Crippen LogP contribution is 2.17. The predicted octanol–water partition coefficient (Wildman–Crippen LogP) is 2.79. The van der Waals surface area contributed by atoms with Crippen LogP contribution in [0.5, 0.6) is 0 Å². The maximum absolute atomic E-state index is 10.6. The Hall–Kier alpha value is -2.68. The lowest BCUT2D eigenvalue weighted by molar-refractivity contribution is -0.384. The fraction of sp³-hybridized carbons (Fsp3) is 0.222. The van der Waals surface area contributed by atoms with Gasteiger partial charge in [-0.15, -0.1) is 0 Å². The van der Waals surface area contributed by atoms with Crippen LogP contribution < -0.4 is 5.73 Å². The van der Waals surface area contributed by atoms with Gasteiger partial charge in [-0.25, -0.2) is 0 Å². The molecule has 0 aromatic heterocycles. The van der Waals surface area contributed by atoms with Crippen LogP contribution in [-0.2, 0) is 0 Å². The van der Waals surface area contributed by atoms with Gasteiger partial charge in [0.05, 0.1) is 11.0 Å². The number of nitrogens with zero attached hydrogens (tertiary/aromatic N) is 1. The monoisotopic (exact) mass is 310 g/mol. The summed E-state index contributed by atoms with van der Waals surface area (Å²) < 4.78 is 0. The Balaban J connectivity index is 1.86. The van der Waals surface area contributed by atoms with Gasteiger partial charge in [0, 0.05) is 30.2 Å². The molecule has 2 atom stereocenters. The van der Waals surface area contributed by atoms with Crippen molar-refractivity contribution in [3.63, 3.8) is 0 Å². The average Bonchev–Trinajstić information content (AvgIpc) is 2.59.